The molecular weight excluding hydrogens is 288 g/mol. The largest absolute Gasteiger partial charge is 0.366 e. The lowest BCUT2D eigenvalue weighted by molar-refractivity contribution is -0.115. The highest BCUT2D eigenvalue weighted by Gasteiger charge is 1.96. The van der Waals surface area contributed by atoms with Gasteiger partial charge in [0.05, 0.1) is 0 Å². The third-order valence-electron chi connectivity index (χ3n) is 3.06. The lowest BCUT2D eigenvalue weighted by atomic mass is 10.1. The lowest BCUT2D eigenvalue weighted by Crippen LogP contribution is -2.12. The highest BCUT2D eigenvalue weighted by Crippen LogP contribution is 2.10. The molecule has 23 heavy (non-hydrogen) atoms. The van der Waals surface area contributed by atoms with E-state index in [2.05, 4.69) is 13.2 Å². The molecule has 0 bridgehead atoms. The molecule has 122 valence electrons. The van der Waals surface area contributed by atoms with E-state index in [0.29, 0.717) is 17.6 Å². The first kappa shape index (κ1) is 20.1. The molecule has 0 unspecified atom stereocenters. The molecule has 0 heterocycles. The highest BCUT2D eigenvalue weighted by molar-refractivity contribution is 5.92. The Balaban J connectivity index is 0.000000433. The summed E-state index contributed by atoms with van der Waals surface area (Å²) in [4.78, 5) is 21.1. The van der Waals surface area contributed by atoms with Crippen LogP contribution >= 0.6 is 0 Å². The van der Waals surface area contributed by atoms with Crippen molar-refractivity contribution in [3.63, 3.8) is 0 Å². The quantitative estimate of drug-likeness (QED) is 0.790. The number of rotatable bonds is 6. The second kappa shape index (κ2) is 10.8. The Labute approximate surface area is 137 Å². The Morgan fingerprint density at radius 3 is 1.52 bits per heavy atom. The molecule has 0 saturated heterocycles. The summed E-state index contributed by atoms with van der Waals surface area (Å²) in [5.41, 5.74) is 13.2. The Hall–Kier alpha value is -2.88. The first-order valence-electron chi connectivity index (χ1n) is 7.10. The molecule has 4 N–H and O–H groups in total. The first-order chi connectivity index (χ1) is 10.8. The van der Waals surface area contributed by atoms with Crippen LogP contribution in [-0.2, 0) is 9.59 Å². The van der Waals surface area contributed by atoms with Gasteiger partial charge in [-0.1, -0.05) is 61.7 Å². The fourth-order valence-electron chi connectivity index (χ4n) is 1.50. The van der Waals surface area contributed by atoms with Crippen LogP contribution in [0.2, 0.25) is 0 Å². The number of benzene rings is 1. The minimum atomic E-state index is -0.454. The van der Waals surface area contributed by atoms with E-state index in [1.165, 1.54) is 0 Å². The average Bonchev–Trinajstić information content (AvgIpc) is 2.54. The molecule has 1 aromatic rings. The van der Waals surface area contributed by atoms with Crippen molar-refractivity contribution in [1.29, 1.82) is 0 Å². The summed E-state index contributed by atoms with van der Waals surface area (Å²) >= 11 is 0. The summed E-state index contributed by atoms with van der Waals surface area (Å²) in [6, 6.07) is 8.02. The Morgan fingerprint density at radius 1 is 0.913 bits per heavy atom. The van der Waals surface area contributed by atoms with Crippen molar-refractivity contribution >= 4 is 24.0 Å². The number of hydrogen-bond acceptors (Lipinski definition) is 2. The predicted octanol–water partition coefficient (Wildman–Crippen LogP) is 3.21. The number of carbonyl (C=O) groups is 2. The van der Waals surface area contributed by atoms with E-state index in [-0.39, 0.29) is 0 Å². The summed E-state index contributed by atoms with van der Waals surface area (Å²) in [5, 5.41) is 0. The van der Waals surface area contributed by atoms with E-state index < -0.39 is 11.8 Å². The maximum absolute atomic E-state index is 10.6. The first-order valence-corrected chi connectivity index (χ1v) is 7.10. The molecule has 0 fully saturated rings. The highest BCUT2D eigenvalue weighted by atomic mass is 16.1. The molecule has 0 aliphatic carbocycles. The number of hydrogen-bond donors (Lipinski definition) is 2. The smallest absolute Gasteiger partial charge is 0.244 e. The van der Waals surface area contributed by atoms with Crippen LogP contribution in [0.25, 0.3) is 12.2 Å². The topological polar surface area (TPSA) is 86.2 Å². The van der Waals surface area contributed by atoms with Gasteiger partial charge in [0.15, 0.2) is 0 Å². The Kier molecular flexibility index (Phi) is 9.44. The van der Waals surface area contributed by atoms with Gasteiger partial charge in [-0.25, -0.2) is 0 Å². The number of allylic oxidation sites excluding steroid dienone is 2. The van der Waals surface area contributed by atoms with Crippen molar-refractivity contribution in [3.8, 4) is 0 Å². The normalized spacial score (nSPS) is 11.0. The van der Waals surface area contributed by atoms with Crippen molar-refractivity contribution in [3.05, 3.63) is 71.8 Å². The molecule has 0 aliphatic rings. The van der Waals surface area contributed by atoms with Crippen molar-refractivity contribution in [2.45, 2.75) is 20.3 Å². The van der Waals surface area contributed by atoms with Gasteiger partial charge in [-0.05, 0) is 31.4 Å². The molecular formula is C19H24N2O2. The van der Waals surface area contributed by atoms with Crippen LogP contribution in [0.1, 0.15) is 31.4 Å². The number of nitrogens with two attached hydrogens (primary N) is 2. The lowest BCUT2D eigenvalue weighted by Gasteiger charge is -1.96. The third kappa shape index (κ3) is 8.21. The van der Waals surface area contributed by atoms with Crippen molar-refractivity contribution in [2.24, 2.45) is 11.5 Å². The van der Waals surface area contributed by atoms with E-state index in [4.69, 9.17) is 11.5 Å². The van der Waals surface area contributed by atoms with Gasteiger partial charge < -0.3 is 11.5 Å². The van der Waals surface area contributed by atoms with Crippen molar-refractivity contribution in [1.82, 2.24) is 0 Å². The Morgan fingerprint density at radius 2 is 1.26 bits per heavy atom. The fraction of sp³-hybridized carbons (Fsp3) is 0.158. The van der Waals surface area contributed by atoms with Crippen LogP contribution in [-0.4, -0.2) is 11.8 Å². The van der Waals surface area contributed by atoms with Gasteiger partial charge in [0.1, 0.15) is 0 Å². The van der Waals surface area contributed by atoms with Crippen LogP contribution in [0.4, 0.5) is 0 Å². The average molecular weight is 312 g/mol. The summed E-state index contributed by atoms with van der Waals surface area (Å²) in [7, 11) is 0. The maximum atomic E-state index is 10.6. The molecule has 0 saturated carbocycles. The van der Waals surface area contributed by atoms with Crippen molar-refractivity contribution in [2.75, 3.05) is 0 Å². The van der Waals surface area contributed by atoms with Gasteiger partial charge in [0, 0.05) is 11.1 Å². The van der Waals surface area contributed by atoms with E-state index in [1.807, 2.05) is 36.4 Å². The van der Waals surface area contributed by atoms with Crippen LogP contribution in [0.3, 0.4) is 0 Å². The van der Waals surface area contributed by atoms with Gasteiger partial charge in [-0.3, -0.25) is 9.59 Å². The maximum Gasteiger partial charge on any atom is 0.244 e. The summed E-state index contributed by atoms with van der Waals surface area (Å²) in [6.07, 6.45) is 7.45. The zero-order valence-corrected chi connectivity index (χ0v) is 13.7. The summed E-state index contributed by atoms with van der Waals surface area (Å²) in [6.45, 7) is 10.6. The molecule has 0 aliphatic heterocycles. The van der Waals surface area contributed by atoms with Crippen LogP contribution in [0.15, 0.2) is 60.7 Å². The minimum Gasteiger partial charge on any atom is -0.366 e. The standard InChI is InChI=1S/C10H10.C9H14N2O2/c1-3-9-7-5-6-8-10(9)4-2;1-6(8(10)12)4-3-5-7(2)9(11)13/h3-8H,1-2H2;4-5H,3H2,1-2H3,(H2,10,12)(H2,11,13). The Bertz CT molecular complexity index is 586. The zero-order chi connectivity index (χ0) is 17.8. The molecule has 4 nitrogen and oxygen atoms in total. The van der Waals surface area contributed by atoms with Gasteiger partial charge in [-0.15, -0.1) is 0 Å². The molecule has 0 atom stereocenters. The van der Waals surface area contributed by atoms with E-state index in [0.717, 1.165) is 11.1 Å². The van der Waals surface area contributed by atoms with Gasteiger partial charge in [0.25, 0.3) is 0 Å². The summed E-state index contributed by atoms with van der Waals surface area (Å²) < 4.78 is 0. The molecule has 2 amide bonds. The minimum absolute atomic E-state index is 0.454. The fourth-order valence-corrected chi connectivity index (χ4v) is 1.50. The molecule has 0 radical (unpaired) electrons. The van der Waals surface area contributed by atoms with E-state index in [1.54, 1.807) is 26.0 Å². The third-order valence-corrected chi connectivity index (χ3v) is 3.06. The molecule has 4 heteroatoms. The van der Waals surface area contributed by atoms with Crippen LogP contribution < -0.4 is 11.5 Å². The zero-order valence-electron chi connectivity index (χ0n) is 13.7. The second-order valence-corrected chi connectivity index (χ2v) is 4.78. The monoisotopic (exact) mass is 312 g/mol. The number of carbonyl (C=O) groups excluding carboxylic acids is 2. The molecule has 1 rings (SSSR count). The summed E-state index contributed by atoms with van der Waals surface area (Å²) in [5.74, 6) is -0.907. The predicted molar refractivity (Wildman–Crippen MR) is 97.1 cm³/mol. The SMILES string of the molecule is C=Cc1ccccc1C=C.CC(=CCC=C(C)C(N)=O)C(N)=O. The van der Waals surface area contributed by atoms with Gasteiger partial charge in [-0.2, -0.15) is 0 Å². The second-order valence-electron chi connectivity index (χ2n) is 4.78. The number of amides is 2. The van der Waals surface area contributed by atoms with E-state index in [9.17, 15) is 9.59 Å². The number of primary amides is 2. The van der Waals surface area contributed by atoms with Crippen LogP contribution in [0, 0.1) is 0 Å². The molecule has 1 aromatic carbocycles. The molecule has 0 aromatic heterocycles. The van der Waals surface area contributed by atoms with E-state index >= 15 is 0 Å². The van der Waals surface area contributed by atoms with Gasteiger partial charge in [0.2, 0.25) is 11.8 Å². The molecule has 0 spiro atoms. The van der Waals surface area contributed by atoms with Crippen molar-refractivity contribution < 1.29 is 9.59 Å². The van der Waals surface area contributed by atoms with Gasteiger partial charge >= 0.3 is 0 Å². The van der Waals surface area contributed by atoms with Crippen LogP contribution in [0.5, 0.6) is 0 Å².